The van der Waals surface area contributed by atoms with Crippen molar-refractivity contribution in [1.29, 1.82) is 0 Å². The van der Waals surface area contributed by atoms with Gasteiger partial charge in [0.1, 0.15) is 0 Å². The van der Waals surface area contributed by atoms with Crippen LogP contribution in [0.25, 0.3) is 80.3 Å². The number of rotatable bonds is 5. The molecule has 0 unspecified atom stereocenters. The number of hydrogen-bond donors (Lipinski definition) is 0. The lowest BCUT2D eigenvalue weighted by atomic mass is 10.0. The van der Waals surface area contributed by atoms with Gasteiger partial charge in [-0.25, -0.2) is 0 Å². The highest BCUT2D eigenvalue weighted by Gasteiger charge is 2.21. The Bertz CT molecular complexity index is 3190. The van der Waals surface area contributed by atoms with Gasteiger partial charge in [-0.15, -0.1) is 11.3 Å². The van der Waals surface area contributed by atoms with Crippen molar-refractivity contribution in [2.45, 2.75) is 0 Å². The molecule has 0 aliphatic heterocycles. The largest absolute Gasteiger partial charge is 0.310 e. The molecule has 0 bridgehead atoms. The van der Waals surface area contributed by atoms with E-state index in [9.17, 15) is 0 Å². The van der Waals surface area contributed by atoms with E-state index in [1.807, 2.05) is 11.3 Å². The summed E-state index contributed by atoms with van der Waals surface area (Å²) >= 11 is 1.86. The molecule has 0 aliphatic carbocycles. The molecule has 0 saturated heterocycles. The summed E-state index contributed by atoms with van der Waals surface area (Å²) in [4.78, 5) is 2.45. The van der Waals surface area contributed by atoms with Gasteiger partial charge in [-0.3, -0.25) is 0 Å². The van der Waals surface area contributed by atoms with Gasteiger partial charge in [0.05, 0.1) is 16.7 Å². The molecule has 3 heteroatoms. The molecule has 0 amide bonds. The zero-order valence-electron chi connectivity index (χ0n) is 28.8. The molecule has 2 nitrogen and oxygen atoms in total. The van der Waals surface area contributed by atoms with Crippen LogP contribution >= 0.6 is 11.3 Å². The molecule has 11 rings (SSSR count). The van der Waals surface area contributed by atoms with E-state index in [0.717, 1.165) is 22.7 Å². The molecule has 0 fully saturated rings. The van der Waals surface area contributed by atoms with Gasteiger partial charge >= 0.3 is 0 Å². The first kappa shape index (κ1) is 30.0. The molecular formula is C50H32N2S. The number of nitrogens with zero attached hydrogens (tertiary/aromatic N) is 2. The standard InChI is InChI=1S/C50H32N2S/c1-2-13-34(14-3-1)40-17-8-10-20-45(40)51(39-25-27-43-42-19-9-11-21-48(42)53-49(43)32-39)38-26-28-44-47(31-38)52(37-24-22-33-12-4-5-16-36(33)30-37)46-29-23-35-15-6-7-18-41(35)50(44)46/h1-32H. The molecule has 0 aliphatic rings. The lowest BCUT2D eigenvalue weighted by Gasteiger charge is -2.28. The van der Waals surface area contributed by atoms with E-state index < -0.39 is 0 Å². The summed E-state index contributed by atoms with van der Waals surface area (Å²) in [6.07, 6.45) is 0. The number of hydrogen-bond acceptors (Lipinski definition) is 2. The maximum atomic E-state index is 2.46. The van der Waals surface area contributed by atoms with Crippen LogP contribution in [-0.4, -0.2) is 4.57 Å². The Morgan fingerprint density at radius 1 is 0.396 bits per heavy atom. The van der Waals surface area contributed by atoms with Gasteiger partial charge in [-0.05, 0) is 81.7 Å². The van der Waals surface area contributed by atoms with Crippen LogP contribution in [0.4, 0.5) is 17.1 Å². The van der Waals surface area contributed by atoms with Gasteiger partial charge in [-0.1, -0.05) is 140 Å². The van der Waals surface area contributed by atoms with Crippen molar-refractivity contribution in [2.75, 3.05) is 4.90 Å². The first-order valence-electron chi connectivity index (χ1n) is 18.1. The molecule has 0 saturated carbocycles. The Kier molecular flexibility index (Phi) is 6.76. The Labute approximate surface area is 311 Å². The first-order valence-corrected chi connectivity index (χ1v) is 18.9. The SMILES string of the molecule is c1ccc(-c2ccccc2N(c2ccc3c(c2)sc2ccccc23)c2ccc3c4c5ccccc5ccc4n(-c4ccc5ccccc5c4)c3c2)cc1. The van der Waals surface area contributed by atoms with E-state index in [0.29, 0.717) is 0 Å². The molecule has 53 heavy (non-hydrogen) atoms. The van der Waals surface area contributed by atoms with Gasteiger partial charge < -0.3 is 9.47 Å². The monoisotopic (exact) mass is 692 g/mol. The normalized spacial score (nSPS) is 11.8. The Morgan fingerprint density at radius 2 is 1.06 bits per heavy atom. The van der Waals surface area contributed by atoms with Crippen molar-refractivity contribution in [3.63, 3.8) is 0 Å². The Hall–Kier alpha value is -6.68. The molecule has 2 heterocycles. The second-order valence-electron chi connectivity index (χ2n) is 13.7. The summed E-state index contributed by atoms with van der Waals surface area (Å²) in [7, 11) is 0. The van der Waals surface area contributed by atoms with Crippen molar-refractivity contribution in [3.8, 4) is 16.8 Å². The maximum Gasteiger partial charge on any atom is 0.0562 e. The van der Waals surface area contributed by atoms with Crippen molar-refractivity contribution < 1.29 is 0 Å². The summed E-state index contributed by atoms with van der Waals surface area (Å²) < 4.78 is 5.05. The predicted molar refractivity (Wildman–Crippen MR) is 229 cm³/mol. The molecular weight excluding hydrogens is 661 g/mol. The van der Waals surface area contributed by atoms with E-state index in [1.54, 1.807) is 0 Å². The van der Waals surface area contributed by atoms with E-state index in [4.69, 9.17) is 0 Å². The van der Waals surface area contributed by atoms with Crippen LogP contribution in [0.2, 0.25) is 0 Å². The number of fused-ring (bicyclic) bond motifs is 9. The van der Waals surface area contributed by atoms with E-state index >= 15 is 0 Å². The topological polar surface area (TPSA) is 8.17 Å². The van der Waals surface area contributed by atoms with Crippen molar-refractivity contribution in [3.05, 3.63) is 194 Å². The summed E-state index contributed by atoms with van der Waals surface area (Å²) in [6.45, 7) is 0. The fourth-order valence-electron chi connectivity index (χ4n) is 8.32. The third-order valence-electron chi connectivity index (χ3n) is 10.7. The third kappa shape index (κ3) is 4.78. The summed E-state index contributed by atoms with van der Waals surface area (Å²) in [5.41, 5.74) is 9.28. The zero-order valence-corrected chi connectivity index (χ0v) is 29.6. The number of aromatic nitrogens is 1. The van der Waals surface area contributed by atoms with Gasteiger partial charge in [0, 0.05) is 53.6 Å². The van der Waals surface area contributed by atoms with Crippen LogP contribution in [0.15, 0.2) is 194 Å². The molecule has 0 spiro atoms. The summed E-state index contributed by atoms with van der Waals surface area (Å²) in [5, 5.41) is 10.1. The van der Waals surface area contributed by atoms with Gasteiger partial charge in [-0.2, -0.15) is 0 Å². The molecule has 11 aromatic rings. The summed E-state index contributed by atoms with van der Waals surface area (Å²) in [5.74, 6) is 0. The van der Waals surface area contributed by atoms with Crippen molar-refractivity contribution in [2.24, 2.45) is 0 Å². The highest BCUT2D eigenvalue weighted by atomic mass is 32.1. The van der Waals surface area contributed by atoms with Crippen LogP contribution in [0.1, 0.15) is 0 Å². The smallest absolute Gasteiger partial charge is 0.0562 e. The average molecular weight is 693 g/mol. The molecule has 248 valence electrons. The van der Waals surface area contributed by atoms with Gasteiger partial charge in [0.2, 0.25) is 0 Å². The fraction of sp³-hybridized carbons (Fsp3) is 0. The van der Waals surface area contributed by atoms with E-state index in [-0.39, 0.29) is 0 Å². The fourth-order valence-corrected chi connectivity index (χ4v) is 9.46. The van der Waals surface area contributed by atoms with Crippen LogP contribution in [-0.2, 0) is 0 Å². The Balaban J connectivity index is 1.22. The Morgan fingerprint density at radius 3 is 1.94 bits per heavy atom. The lowest BCUT2D eigenvalue weighted by molar-refractivity contribution is 1.18. The average Bonchev–Trinajstić information content (AvgIpc) is 3.76. The number of anilines is 3. The van der Waals surface area contributed by atoms with Crippen LogP contribution in [0, 0.1) is 0 Å². The molecule has 9 aromatic carbocycles. The van der Waals surface area contributed by atoms with Crippen molar-refractivity contribution >= 4 is 91.9 Å². The van der Waals surface area contributed by atoms with Crippen LogP contribution in [0.3, 0.4) is 0 Å². The minimum absolute atomic E-state index is 1.11. The minimum atomic E-state index is 1.11. The molecule has 0 N–H and O–H groups in total. The predicted octanol–water partition coefficient (Wildman–Crippen LogP) is 14.6. The number of benzene rings is 9. The number of para-hydroxylation sites is 1. The van der Waals surface area contributed by atoms with Gasteiger partial charge in [0.25, 0.3) is 0 Å². The van der Waals surface area contributed by atoms with Gasteiger partial charge in [0.15, 0.2) is 0 Å². The summed E-state index contributed by atoms with van der Waals surface area (Å²) in [6, 6.07) is 71.1. The minimum Gasteiger partial charge on any atom is -0.310 e. The lowest BCUT2D eigenvalue weighted by Crippen LogP contribution is -2.11. The highest BCUT2D eigenvalue weighted by molar-refractivity contribution is 7.25. The molecule has 0 atom stereocenters. The molecule has 0 radical (unpaired) electrons. The second kappa shape index (κ2) is 11.9. The quantitative estimate of drug-likeness (QED) is 0.174. The van der Waals surface area contributed by atoms with Crippen LogP contribution < -0.4 is 4.90 Å². The highest BCUT2D eigenvalue weighted by Crippen LogP contribution is 2.46. The molecule has 2 aromatic heterocycles. The van der Waals surface area contributed by atoms with Crippen molar-refractivity contribution in [1.82, 2.24) is 4.57 Å². The number of thiophene rings is 1. The zero-order chi connectivity index (χ0) is 34.9. The van der Waals surface area contributed by atoms with E-state index in [2.05, 4.69) is 204 Å². The van der Waals surface area contributed by atoms with E-state index in [1.165, 1.54) is 74.6 Å². The first-order chi connectivity index (χ1) is 26.3. The third-order valence-corrected chi connectivity index (χ3v) is 11.9. The second-order valence-corrected chi connectivity index (χ2v) is 14.8. The maximum absolute atomic E-state index is 2.46. The van der Waals surface area contributed by atoms with Crippen LogP contribution in [0.5, 0.6) is 0 Å².